The van der Waals surface area contributed by atoms with Gasteiger partial charge in [-0.2, -0.15) is 0 Å². The minimum atomic E-state index is -0.527. The summed E-state index contributed by atoms with van der Waals surface area (Å²) >= 11 is 4.30. The SMILES string of the molecule is NC(CCc1ccccc1S)OC=O. The quantitative estimate of drug-likeness (QED) is 0.439. The Bertz CT molecular complexity index is 304. The Balaban J connectivity index is 2.45. The van der Waals surface area contributed by atoms with Gasteiger partial charge in [0.2, 0.25) is 0 Å². The van der Waals surface area contributed by atoms with Crippen molar-refractivity contribution in [3.05, 3.63) is 29.8 Å². The molecular formula is C10H13NO2S. The Kier molecular flexibility index (Phi) is 4.49. The fourth-order valence-corrected chi connectivity index (χ4v) is 1.43. The first-order valence-electron chi connectivity index (χ1n) is 4.35. The lowest BCUT2D eigenvalue weighted by Crippen LogP contribution is -2.23. The molecule has 14 heavy (non-hydrogen) atoms. The summed E-state index contributed by atoms with van der Waals surface area (Å²) in [4.78, 5) is 10.9. The highest BCUT2D eigenvalue weighted by Crippen LogP contribution is 2.15. The van der Waals surface area contributed by atoms with Crippen LogP contribution in [-0.4, -0.2) is 12.7 Å². The Morgan fingerprint density at radius 3 is 2.86 bits per heavy atom. The molecule has 3 nitrogen and oxygen atoms in total. The first kappa shape index (κ1) is 11.1. The lowest BCUT2D eigenvalue weighted by atomic mass is 10.1. The van der Waals surface area contributed by atoms with Crippen LogP contribution in [0.2, 0.25) is 0 Å². The van der Waals surface area contributed by atoms with Gasteiger partial charge in [-0.05, 0) is 18.1 Å². The van der Waals surface area contributed by atoms with Crippen molar-refractivity contribution in [1.82, 2.24) is 0 Å². The molecule has 0 aromatic heterocycles. The Morgan fingerprint density at radius 2 is 2.21 bits per heavy atom. The molecule has 0 amide bonds. The summed E-state index contributed by atoms with van der Waals surface area (Å²) in [6, 6.07) is 7.77. The maximum Gasteiger partial charge on any atom is 0.294 e. The van der Waals surface area contributed by atoms with E-state index in [1.54, 1.807) is 0 Å². The Morgan fingerprint density at radius 1 is 1.50 bits per heavy atom. The molecule has 0 saturated carbocycles. The van der Waals surface area contributed by atoms with Gasteiger partial charge in [0.15, 0.2) is 6.23 Å². The van der Waals surface area contributed by atoms with Crippen LogP contribution >= 0.6 is 12.6 Å². The molecule has 76 valence electrons. The highest BCUT2D eigenvalue weighted by molar-refractivity contribution is 7.80. The molecule has 1 aromatic rings. The van der Waals surface area contributed by atoms with Crippen LogP contribution in [0.25, 0.3) is 0 Å². The van der Waals surface area contributed by atoms with Gasteiger partial charge in [0.1, 0.15) is 0 Å². The van der Waals surface area contributed by atoms with Gasteiger partial charge in [-0.15, -0.1) is 12.6 Å². The zero-order valence-electron chi connectivity index (χ0n) is 7.72. The molecule has 1 unspecified atom stereocenters. The third kappa shape index (κ3) is 3.40. The lowest BCUT2D eigenvalue weighted by molar-refractivity contribution is -0.133. The van der Waals surface area contributed by atoms with Gasteiger partial charge in [0, 0.05) is 11.3 Å². The third-order valence-corrected chi connectivity index (χ3v) is 2.36. The van der Waals surface area contributed by atoms with E-state index < -0.39 is 6.23 Å². The van der Waals surface area contributed by atoms with E-state index in [0.29, 0.717) is 12.9 Å². The molecule has 0 aliphatic carbocycles. The summed E-state index contributed by atoms with van der Waals surface area (Å²) in [5.41, 5.74) is 6.62. The molecular weight excluding hydrogens is 198 g/mol. The van der Waals surface area contributed by atoms with E-state index in [-0.39, 0.29) is 0 Å². The van der Waals surface area contributed by atoms with Crippen molar-refractivity contribution in [2.75, 3.05) is 0 Å². The average molecular weight is 211 g/mol. The van der Waals surface area contributed by atoms with E-state index in [1.807, 2.05) is 24.3 Å². The largest absolute Gasteiger partial charge is 0.449 e. The van der Waals surface area contributed by atoms with E-state index >= 15 is 0 Å². The van der Waals surface area contributed by atoms with Crippen LogP contribution in [0.1, 0.15) is 12.0 Å². The second-order valence-corrected chi connectivity index (χ2v) is 3.42. The van der Waals surface area contributed by atoms with Crippen LogP contribution in [0.4, 0.5) is 0 Å². The minimum Gasteiger partial charge on any atom is -0.449 e. The minimum absolute atomic E-state index is 0.372. The molecule has 0 aliphatic rings. The van der Waals surface area contributed by atoms with E-state index in [1.165, 1.54) is 0 Å². The summed E-state index contributed by atoms with van der Waals surface area (Å²) in [5.74, 6) is 0. The fraction of sp³-hybridized carbons (Fsp3) is 0.300. The van der Waals surface area contributed by atoms with Crippen molar-refractivity contribution in [3.8, 4) is 0 Å². The molecule has 0 radical (unpaired) electrons. The second kappa shape index (κ2) is 5.67. The van der Waals surface area contributed by atoms with Crippen molar-refractivity contribution in [2.24, 2.45) is 5.73 Å². The van der Waals surface area contributed by atoms with Gasteiger partial charge in [0.25, 0.3) is 6.47 Å². The smallest absolute Gasteiger partial charge is 0.294 e. The number of rotatable bonds is 5. The normalized spacial score (nSPS) is 12.1. The molecule has 0 heterocycles. The zero-order chi connectivity index (χ0) is 10.4. The first-order chi connectivity index (χ1) is 6.74. The topological polar surface area (TPSA) is 52.3 Å². The van der Waals surface area contributed by atoms with Gasteiger partial charge in [-0.1, -0.05) is 18.2 Å². The second-order valence-electron chi connectivity index (χ2n) is 2.94. The maximum atomic E-state index is 9.98. The zero-order valence-corrected chi connectivity index (χ0v) is 8.61. The summed E-state index contributed by atoms with van der Waals surface area (Å²) in [5, 5.41) is 0. The monoisotopic (exact) mass is 211 g/mol. The van der Waals surface area contributed by atoms with Crippen molar-refractivity contribution in [2.45, 2.75) is 24.0 Å². The fourth-order valence-electron chi connectivity index (χ4n) is 1.16. The number of nitrogens with two attached hydrogens (primary N) is 1. The van der Waals surface area contributed by atoms with Crippen LogP contribution in [0.5, 0.6) is 0 Å². The third-order valence-electron chi connectivity index (χ3n) is 1.92. The van der Waals surface area contributed by atoms with Crippen LogP contribution < -0.4 is 5.73 Å². The van der Waals surface area contributed by atoms with Gasteiger partial charge >= 0.3 is 0 Å². The van der Waals surface area contributed by atoms with Crippen LogP contribution in [-0.2, 0) is 16.0 Å². The van der Waals surface area contributed by atoms with E-state index in [4.69, 9.17) is 5.73 Å². The molecule has 0 saturated heterocycles. The number of carbonyl (C=O) groups excluding carboxylic acids is 1. The highest BCUT2D eigenvalue weighted by atomic mass is 32.1. The summed E-state index contributed by atoms with van der Waals surface area (Å²) < 4.78 is 4.58. The number of hydrogen-bond donors (Lipinski definition) is 2. The van der Waals surface area contributed by atoms with E-state index in [2.05, 4.69) is 17.4 Å². The van der Waals surface area contributed by atoms with Gasteiger partial charge in [0.05, 0.1) is 0 Å². The molecule has 4 heteroatoms. The van der Waals surface area contributed by atoms with E-state index in [9.17, 15) is 4.79 Å². The van der Waals surface area contributed by atoms with Crippen LogP contribution in [0.15, 0.2) is 29.2 Å². The number of carbonyl (C=O) groups is 1. The van der Waals surface area contributed by atoms with Crippen molar-refractivity contribution >= 4 is 19.1 Å². The van der Waals surface area contributed by atoms with Crippen LogP contribution in [0, 0.1) is 0 Å². The van der Waals surface area contributed by atoms with Crippen LogP contribution in [0.3, 0.4) is 0 Å². The average Bonchev–Trinajstić information content (AvgIpc) is 2.17. The summed E-state index contributed by atoms with van der Waals surface area (Å²) in [6.45, 7) is 0.372. The molecule has 0 fully saturated rings. The van der Waals surface area contributed by atoms with Crippen molar-refractivity contribution < 1.29 is 9.53 Å². The molecule has 0 aliphatic heterocycles. The Labute approximate surface area is 88.7 Å². The predicted molar refractivity (Wildman–Crippen MR) is 57.1 cm³/mol. The summed E-state index contributed by atoms with van der Waals surface area (Å²) in [6.07, 6.45) is 0.839. The standard InChI is InChI=1S/C10H13NO2S/c11-10(13-7-12)6-5-8-3-1-2-4-9(8)14/h1-4,7,10,14H,5-6,11H2. The molecule has 1 aromatic carbocycles. The Hall–Kier alpha value is -1.00. The number of benzene rings is 1. The number of hydrogen-bond acceptors (Lipinski definition) is 4. The van der Waals surface area contributed by atoms with Crippen molar-refractivity contribution in [3.63, 3.8) is 0 Å². The molecule has 1 rings (SSSR count). The number of ether oxygens (including phenoxy) is 1. The maximum absolute atomic E-state index is 9.98. The predicted octanol–water partition coefficient (Wildman–Crippen LogP) is 1.37. The van der Waals surface area contributed by atoms with Crippen molar-refractivity contribution in [1.29, 1.82) is 0 Å². The highest BCUT2D eigenvalue weighted by Gasteiger charge is 2.04. The lowest BCUT2D eigenvalue weighted by Gasteiger charge is -2.09. The van der Waals surface area contributed by atoms with E-state index in [0.717, 1.165) is 16.9 Å². The molecule has 0 bridgehead atoms. The summed E-state index contributed by atoms with van der Waals surface area (Å²) in [7, 11) is 0. The molecule has 2 N–H and O–H groups in total. The first-order valence-corrected chi connectivity index (χ1v) is 4.80. The van der Waals surface area contributed by atoms with Gasteiger partial charge in [-0.25, -0.2) is 0 Å². The molecule has 0 spiro atoms. The number of thiol groups is 1. The van der Waals surface area contributed by atoms with Gasteiger partial charge < -0.3 is 4.74 Å². The van der Waals surface area contributed by atoms with Gasteiger partial charge in [-0.3, -0.25) is 10.5 Å². The number of aryl methyl sites for hydroxylation is 1. The molecule has 1 atom stereocenters.